The molecule has 0 aliphatic heterocycles. The van der Waals surface area contributed by atoms with Crippen LogP contribution in [0.4, 0.5) is 23.2 Å². The molecule has 1 heterocycles. The molecule has 2 aromatic rings. The van der Waals surface area contributed by atoms with Crippen molar-refractivity contribution in [2.45, 2.75) is 25.8 Å². The smallest absolute Gasteiger partial charge is 0.416 e. The van der Waals surface area contributed by atoms with Gasteiger partial charge in [-0.3, -0.25) is 0 Å². The molecule has 1 aromatic heterocycles. The first-order valence-corrected chi connectivity index (χ1v) is 8.05. The summed E-state index contributed by atoms with van der Waals surface area (Å²) in [4.78, 5) is 15.3. The van der Waals surface area contributed by atoms with Crippen LogP contribution in [0, 0.1) is 5.95 Å². The van der Waals surface area contributed by atoms with Gasteiger partial charge in [-0.05, 0) is 24.6 Å². The number of aromatic nitrogens is 1. The van der Waals surface area contributed by atoms with Crippen molar-refractivity contribution < 1.29 is 31.8 Å². The number of benzene rings is 1. The van der Waals surface area contributed by atoms with Gasteiger partial charge in [-0.15, -0.1) is 0 Å². The van der Waals surface area contributed by atoms with E-state index >= 15 is 0 Å². The Hall–Kier alpha value is -2.26. The number of ether oxygens (including phenoxy) is 2. The number of halogens is 6. The molecule has 0 bridgehead atoms. The van der Waals surface area contributed by atoms with Crippen molar-refractivity contribution >= 4 is 34.9 Å². The molecule has 0 aliphatic carbocycles. The third-order valence-corrected chi connectivity index (χ3v) is 4.02. The van der Waals surface area contributed by atoms with E-state index in [9.17, 15) is 22.4 Å². The van der Waals surface area contributed by atoms with Gasteiger partial charge in [-0.2, -0.15) is 22.5 Å². The number of nitrogen functional groups attached to an aromatic ring is 1. The SMILES string of the molecule is C[C@@H](Oc1nc(F)c(Cl)c(N)c1Cl)C(=O)OCc1cccc(C(F)(F)F)c1. The van der Waals surface area contributed by atoms with Crippen LogP contribution in [0.2, 0.25) is 10.0 Å². The number of carbonyl (C=O) groups excluding carboxylic acids is 1. The van der Waals surface area contributed by atoms with E-state index < -0.39 is 47.3 Å². The highest BCUT2D eigenvalue weighted by atomic mass is 35.5. The van der Waals surface area contributed by atoms with Gasteiger partial charge >= 0.3 is 12.1 Å². The van der Waals surface area contributed by atoms with Crippen molar-refractivity contribution in [1.82, 2.24) is 4.98 Å². The molecule has 0 aliphatic rings. The van der Waals surface area contributed by atoms with Gasteiger partial charge in [0.2, 0.25) is 11.8 Å². The minimum atomic E-state index is -4.52. The lowest BCUT2D eigenvalue weighted by Crippen LogP contribution is -2.26. The molecular formula is C16H12Cl2F4N2O3. The fourth-order valence-electron chi connectivity index (χ4n) is 1.91. The number of hydrogen-bond donors (Lipinski definition) is 1. The molecule has 5 nitrogen and oxygen atoms in total. The largest absolute Gasteiger partial charge is 0.461 e. The quantitative estimate of drug-likeness (QED) is 0.428. The Balaban J connectivity index is 2.03. The second-order valence-electron chi connectivity index (χ2n) is 5.32. The lowest BCUT2D eigenvalue weighted by atomic mass is 10.1. The van der Waals surface area contributed by atoms with E-state index in [0.29, 0.717) is 0 Å². The fourth-order valence-corrected chi connectivity index (χ4v) is 2.28. The zero-order valence-corrected chi connectivity index (χ0v) is 15.1. The number of nitrogens with zero attached hydrogens (tertiary/aromatic N) is 1. The molecule has 2 N–H and O–H groups in total. The van der Waals surface area contributed by atoms with Gasteiger partial charge in [0.1, 0.15) is 16.7 Å². The molecule has 0 saturated heterocycles. The van der Waals surface area contributed by atoms with Crippen LogP contribution in [-0.4, -0.2) is 17.1 Å². The Labute approximate surface area is 161 Å². The summed E-state index contributed by atoms with van der Waals surface area (Å²) in [7, 11) is 0. The number of rotatable bonds is 5. The third kappa shape index (κ3) is 5.14. The van der Waals surface area contributed by atoms with Crippen LogP contribution in [-0.2, 0) is 22.3 Å². The molecule has 0 saturated carbocycles. The van der Waals surface area contributed by atoms with Crippen LogP contribution in [0.25, 0.3) is 0 Å². The van der Waals surface area contributed by atoms with Crippen molar-refractivity contribution in [3.8, 4) is 5.88 Å². The van der Waals surface area contributed by atoms with E-state index in [-0.39, 0.29) is 16.3 Å². The van der Waals surface area contributed by atoms with Crippen molar-refractivity contribution in [2.24, 2.45) is 0 Å². The Kier molecular flexibility index (Phi) is 6.38. The van der Waals surface area contributed by atoms with E-state index in [1.807, 2.05) is 0 Å². The van der Waals surface area contributed by atoms with Crippen molar-refractivity contribution in [3.63, 3.8) is 0 Å². The van der Waals surface area contributed by atoms with Crippen molar-refractivity contribution in [2.75, 3.05) is 5.73 Å². The van der Waals surface area contributed by atoms with Crippen LogP contribution in [0.3, 0.4) is 0 Å². The van der Waals surface area contributed by atoms with E-state index in [1.54, 1.807) is 0 Å². The molecule has 0 amide bonds. The molecule has 2 rings (SSSR count). The maximum Gasteiger partial charge on any atom is 0.416 e. The molecule has 0 fully saturated rings. The predicted molar refractivity (Wildman–Crippen MR) is 90.0 cm³/mol. The highest BCUT2D eigenvalue weighted by Crippen LogP contribution is 2.35. The van der Waals surface area contributed by atoms with E-state index in [4.69, 9.17) is 38.4 Å². The van der Waals surface area contributed by atoms with Gasteiger partial charge in [-0.1, -0.05) is 35.3 Å². The summed E-state index contributed by atoms with van der Waals surface area (Å²) in [6.07, 6.45) is -5.81. The van der Waals surface area contributed by atoms with Crippen molar-refractivity contribution in [3.05, 3.63) is 51.4 Å². The molecule has 1 atom stereocenters. The topological polar surface area (TPSA) is 74.4 Å². The fraction of sp³-hybridized carbons (Fsp3) is 0.250. The van der Waals surface area contributed by atoms with Gasteiger partial charge in [0.15, 0.2) is 6.10 Å². The number of hydrogen-bond acceptors (Lipinski definition) is 5. The average Bonchev–Trinajstić information content (AvgIpc) is 2.61. The van der Waals surface area contributed by atoms with Crippen LogP contribution in [0.15, 0.2) is 24.3 Å². The Bertz CT molecular complexity index is 862. The standard InChI is InChI=1S/C16H12Cl2F4N2O3/c1-7(27-14-11(18)12(23)10(17)13(19)24-14)15(25)26-6-8-3-2-4-9(5-8)16(20,21)22/h2-5,7H,6H2,1H3,(H2,23,24)/t7-/m1/s1. The average molecular weight is 427 g/mol. The second-order valence-corrected chi connectivity index (χ2v) is 6.07. The Morgan fingerprint density at radius 2 is 1.96 bits per heavy atom. The van der Waals surface area contributed by atoms with Gasteiger partial charge in [-0.25, -0.2) is 4.79 Å². The lowest BCUT2D eigenvalue weighted by Gasteiger charge is -2.15. The zero-order chi connectivity index (χ0) is 20.4. The van der Waals surface area contributed by atoms with Gasteiger partial charge in [0.05, 0.1) is 11.3 Å². The third-order valence-electron chi connectivity index (χ3n) is 3.30. The molecule has 0 unspecified atom stereocenters. The first-order valence-electron chi connectivity index (χ1n) is 7.30. The summed E-state index contributed by atoms with van der Waals surface area (Å²) >= 11 is 11.4. The second kappa shape index (κ2) is 8.18. The zero-order valence-electron chi connectivity index (χ0n) is 13.6. The summed E-state index contributed by atoms with van der Waals surface area (Å²) in [5, 5.41) is -0.786. The Morgan fingerprint density at radius 3 is 2.59 bits per heavy atom. The monoisotopic (exact) mass is 426 g/mol. The molecule has 1 aromatic carbocycles. The number of anilines is 1. The van der Waals surface area contributed by atoms with Gasteiger partial charge in [0.25, 0.3) is 0 Å². The molecule has 0 radical (unpaired) electrons. The minimum Gasteiger partial charge on any atom is -0.461 e. The number of alkyl halides is 3. The summed E-state index contributed by atoms with van der Waals surface area (Å²) < 4.78 is 61.5. The maximum atomic E-state index is 13.5. The maximum absolute atomic E-state index is 13.5. The minimum absolute atomic E-state index is 0.128. The van der Waals surface area contributed by atoms with Crippen LogP contribution < -0.4 is 10.5 Å². The van der Waals surface area contributed by atoms with Crippen molar-refractivity contribution in [1.29, 1.82) is 0 Å². The van der Waals surface area contributed by atoms with E-state index in [0.717, 1.165) is 12.1 Å². The van der Waals surface area contributed by atoms with Crippen LogP contribution in [0.5, 0.6) is 5.88 Å². The lowest BCUT2D eigenvalue weighted by molar-refractivity contribution is -0.152. The number of pyridine rings is 1. The van der Waals surface area contributed by atoms with Crippen LogP contribution >= 0.6 is 23.2 Å². The number of carbonyl (C=O) groups is 1. The van der Waals surface area contributed by atoms with E-state index in [2.05, 4.69) is 4.98 Å². The van der Waals surface area contributed by atoms with Crippen LogP contribution in [0.1, 0.15) is 18.1 Å². The summed E-state index contributed by atoms with van der Waals surface area (Å²) in [5.41, 5.74) is 4.43. The predicted octanol–water partition coefficient (Wildman–Crippen LogP) is 4.64. The molecule has 146 valence electrons. The summed E-state index contributed by atoms with van der Waals surface area (Å²) in [6, 6.07) is 4.30. The first kappa shape index (κ1) is 21.0. The van der Waals surface area contributed by atoms with E-state index in [1.165, 1.54) is 19.1 Å². The summed E-state index contributed by atoms with van der Waals surface area (Å²) in [6.45, 7) is 0.837. The first-order chi connectivity index (χ1) is 12.5. The normalized spacial score (nSPS) is 12.6. The number of nitrogens with two attached hydrogens (primary N) is 1. The highest BCUT2D eigenvalue weighted by molar-refractivity contribution is 6.39. The Morgan fingerprint density at radius 1 is 1.30 bits per heavy atom. The number of esters is 1. The molecule has 0 spiro atoms. The van der Waals surface area contributed by atoms with Gasteiger partial charge < -0.3 is 15.2 Å². The highest BCUT2D eigenvalue weighted by Gasteiger charge is 2.30. The summed E-state index contributed by atoms with van der Waals surface area (Å²) in [5.74, 6) is -2.54. The van der Waals surface area contributed by atoms with Gasteiger partial charge in [0, 0.05) is 0 Å². The molecular weight excluding hydrogens is 415 g/mol. The molecule has 27 heavy (non-hydrogen) atoms. The molecule has 11 heteroatoms.